The van der Waals surface area contributed by atoms with E-state index in [1.165, 1.54) is 0 Å². The summed E-state index contributed by atoms with van der Waals surface area (Å²) in [5, 5.41) is 19.4. The normalized spacial score (nSPS) is 21.1. The van der Waals surface area contributed by atoms with Gasteiger partial charge in [0.25, 0.3) is 5.84 Å². The summed E-state index contributed by atoms with van der Waals surface area (Å²) < 4.78 is 32.5. The third kappa shape index (κ3) is 9.76. The van der Waals surface area contributed by atoms with E-state index in [9.17, 15) is 28.0 Å². The molecular weight excluding hydrogens is 383 g/mol. The Labute approximate surface area is 184 Å². The smallest absolute Gasteiger partial charge is 0.748 e. The van der Waals surface area contributed by atoms with Crippen molar-refractivity contribution in [1.29, 1.82) is 0 Å². The maximum Gasteiger partial charge on any atom is 1.00 e. The summed E-state index contributed by atoms with van der Waals surface area (Å²) in [4.78, 5) is 16.8. The van der Waals surface area contributed by atoms with Gasteiger partial charge in [-0.1, -0.05) is 31.9 Å². The van der Waals surface area contributed by atoms with Crippen molar-refractivity contribution in [3.8, 4) is 0 Å². The quantitative estimate of drug-likeness (QED) is 0.111. The van der Waals surface area contributed by atoms with Gasteiger partial charge in [0.1, 0.15) is 25.7 Å². The average molecular weight is 413 g/mol. The van der Waals surface area contributed by atoms with E-state index in [4.69, 9.17) is 0 Å². The summed E-state index contributed by atoms with van der Waals surface area (Å²) >= 11 is 0. The van der Waals surface area contributed by atoms with Gasteiger partial charge in [-0.05, 0) is 12.8 Å². The van der Waals surface area contributed by atoms with Gasteiger partial charge in [-0.15, -0.1) is 0 Å². The molecule has 0 radical (unpaired) electrons. The summed E-state index contributed by atoms with van der Waals surface area (Å²) in [6, 6.07) is 0. The fraction of sp³-hybridized carbons (Fsp3) is 0.765. The molecule has 0 saturated carbocycles. The molecule has 2 atom stereocenters. The minimum absolute atomic E-state index is 0. The van der Waals surface area contributed by atoms with Crippen LogP contribution in [0.1, 0.15) is 39.0 Å². The molecular formula is C17H30N2NaO6S+. The Bertz CT molecular complexity index is 623. The summed E-state index contributed by atoms with van der Waals surface area (Å²) in [7, 11) is -4.58. The predicted octanol–water partition coefficient (Wildman–Crippen LogP) is -2.79. The maximum atomic E-state index is 12.6. The van der Waals surface area contributed by atoms with Crippen molar-refractivity contribution in [2.45, 2.75) is 45.1 Å². The second-order valence-electron chi connectivity index (χ2n) is 6.68. The van der Waals surface area contributed by atoms with Crippen LogP contribution in [0.5, 0.6) is 0 Å². The van der Waals surface area contributed by atoms with E-state index in [0.717, 1.165) is 25.7 Å². The van der Waals surface area contributed by atoms with E-state index in [2.05, 4.69) is 11.9 Å². The minimum Gasteiger partial charge on any atom is -0.748 e. The Hall–Kier alpha value is -0.130. The van der Waals surface area contributed by atoms with Crippen molar-refractivity contribution in [2.24, 2.45) is 4.99 Å². The fourth-order valence-corrected chi connectivity index (χ4v) is 3.81. The van der Waals surface area contributed by atoms with Crippen LogP contribution < -0.4 is 29.6 Å². The molecule has 0 amide bonds. The average Bonchev–Trinajstić information content (AvgIpc) is 2.92. The molecule has 1 rings (SSSR count). The van der Waals surface area contributed by atoms with Gasteiger partial charge in [-0.3, -0.25) is 9.28 Å². The first-order chi connectivity index (χ1) is 12.2. The summed E-state index contributed by atoms with van der Waals surface area (Å²) in [5.41, 5.74) is 0. The number of Topliss-reactive ketones (excluding diaryl/α,β-unsaturated/α-hetero) is 1. The number of aliphatic imine (C=N–C) groups is 1. The summed E-state index contributed by atoms with van der Waals surface area (Å²) in [6.45, 7) is 2.64. The first-order valence-corrected chi connectivity index (χ1v) is 10.6. The van der Waals surface area contributed by atoms with Crippen LogP contribution in [-0.4, -0.2) is 83.9 Å². The Morgan fingerprint density at radius 1 is 1.37 bits per heavy atom. The maximum absolute atomic E-state index is 12.6. The van der Waals surface area contributed by atoms with Crippen LogP contribution in [0.4, 0.5) is 0 Å². The molecule has 1 aliphatic heterocycles. The van der Waals surface area contributed by atoms with E-state index >= 15 is 0 Å². The summed E-state index contributed by atoms with van der Waals surface area (Å²) in [5.74, 6) is -0.892. The number of hydrogen-bond donors (Lipinski definition) is 2. The van der Waals surface area contributed by atoms with Crippen LogP contribution in [-0.2, 0) is 14.9 Å². The van der Waals surface area contributed by atoms with Gasteiger partial charge in [-0.25, -0.2) is 13.4 Å². The van der Waals surface area contributed by atoms with Gasteiger partial charge in [0.05, 0.1) is 29.0 Å². The van der Waals surface area contributed by atoms with Gasteiger partial charge in [0.2, 0.25) is 5.78 Å². The van der Waals surface area contributed by atoms with Crippen molar-refractivity contribution in [3.05, 3.63) is 12.2 Å². The minimum atomic E-state index is -4.58. The molecule has 0 aromatic rings. The van der Waals surface area contributed by atoms with Gasteiger partial charge in [0, 0.05) is 6.42 Å². The number of ketones is 1. The Kier molecular flexibility index (Phi) is 13.1. The molecule has 2 unspecified atom stereocenters. The summed E-state index contributed by atoms with van der Waals surface area (Å²) in [6.07, 6.45) is 6.77. The van der Waals surface area contributed by atoms with Crippen molar-refractivity contribution >= 4 is 21.7 Å². The number of nitrogens with zero attached hydrogens (tertiary/aromatic N) is 2. The van der Waals surface area contributed by atoms with Crippen molar-refractivity contribution < 1.29 is 62.0 Å². The number of carbonyl (C=O) groups is 1. The molecule has 10 heteroatoms. The molecule has 8 nitrogen and oxygen atoms in total. The third-order valence-corrected chi connectivity index (χ3v) is 5.21. The van der Waals surface area contributed by atoms with Crippen molar-refractivity contribution in [3.63, 3.8) is 0 Å². The van der Waals surface area contributed by atoms with Gasteiger partial charge >= 0.3 is 29.6 Å². The molecule has 27 heavy (non-hydrogen) atoms. The Morgan fingerprint density at radius 2 is 2.07 bits per heavy atom. The molecule has 150 valence electrons. The molecule has 1 aliphatic rings. The van der Waals surface area contributed by atoms with Crippen LogP contribution in [0.2, 0.25) is 0 Å². The molecule has 0 spiro atoms. The first-order valence-electron chi connectivity index (χ1n) is 9.06. The standard InChI is InChI=1S/C17H30N2O6S.Na/c1-2-3-4-5-6-7-8-16(22)17-18-9-10-19(17,11-12-20)13-15(21)14-26(23,24)25;/h6-7,15,20-21H,2-5,8-14H2,1H3;/q;+1/b7-6+;. The van der Waals surface area contributed by atoms with E-state index < -0.39 is 22.0 Å². The number of unbranched alkanes of at least 4 members (excludes halogenated alkanes) is 3. The first kappa shape index (κ1) is 26.9. The van der Waals surface area contributed by atoms with E-state index in [1.54, 1.807) is 6.08 Å². The number of aliphatic hydroxyl groups excluding tert-OH is 2. The molecule has 0 aromatic heterocycles. The number of hydrogen-bond acceptors (Lipinski definition) is 7. The zero-order valence-electron chi connectivity index (χ0n) is 16.3. The zero-order chi connectivity index (χ0) is 19.6. The molecule has 0 aliphatic carbocycles. The van der Waals surface area contributed by atoms with E-state index in [0.29, 0.717) is 13.1 Å². The Balaban J connectivity index is 0.00000676. The third-order valence-electron chi connectivity index (χ3n) is 4.42. The number of allylic oxidation sites excluding steroid dienone is 2. The van der Waals surface area contributed by atoms with Crippen molar-refractivity contribution in [1.82, 2.24) is 0 Å². The number of amidine groups is 1. The van der Waals surface area contributed by atoms with Crippen LogP contribution in [0.15, 0.2) is 17.1 Å². The van der Waals surface area contributed by atoms with Crippen LogP contribution >= 0.6 is 0 Å². The fourth-order valence-electron chi connectivity index (χ4n) is 3.24. The molecule has 0 saturated heterocycles. The SMILES string of the molecule is CCCCC/C=C/CC(=O)C1=NCC[N+]1(CCO)CC(O)CS(=O)(=O)[O-].[Na+]. The molecule has 2 N–H and O–H groups in total. The predicted molar refractivity (Wildman–Crippen MR) is 97.7 cm³/mol. The number of rotatable bonds is 13. The molecule has 0 fully saturated rings. The Morgan fingerprint density at radius 3 is 2.67 bits per heavy atom. The number of carbonyl (C=O) groups excluding carboxylic acids is 1. The monoisotopic (exact) mass is 413 g/mol. The van der Waals surface area contributed by atoms with Gasteiger partial charge in [-0.2, -0.15) is 0 Å². The second kappa shape index (κ2) is 13.2. The largest absolute Gasteiger partial charge is 1.00 e. The number of aliphatic hydroxyl groups is 2. The zero-order valence-corrected chi connectivity index (χ0v) is 19.2. The number of quaternary nitrogens is 1. The van der Waals surface area contributed by atoms with Crippen molar-refractivity contribution in [2.75, 3.05) is 38.5 Å². The van der Waals surface area contributed by atoms with Crippen LogP contribution in [0.25, 0.3) is 0 Å². The molecule has 1 heterocycles. The van der Waals surface area contributed by atoms with Crippen LogP contribution in [0, 0.1) is 0 Å². The molecule has 0 aromatic carbocycles. The van der Waals surface area contributed by atoms with Crippen LogP contribution in [0.3, 0.4) is 0 Å². The molecule has 0 bridgehead atoms. The van der Waals surface area contributed by atoms with E-state index in [-0.39, 0.29) is 71.8 Å². The topological polar surface area (TPSA) is 127 Å². The van der Waals surface area contributed by atoms with E-state index in [1.807, 2.05) is 6.08 Å². The van der Waals surface area contributed by atoms with Gasteiger partial charge < -0.3 is 14.8 Å². The van der Waals surface area contributed by atoms with Gasteiger partial charge in [0.15, 0.2) is 0 Å². The second-order valence-corrected chi connectivity index (χ2v) is 8.13.